The molecule has 2 aliphatic rings. The van der Waals surface area contributed by atoms with Gasteiger partial charge in [-0.3, -0.25) is 0 Å². The van der Waals surface area contributed by atoms with Gasteiger partial charge in [0.05, 0.1) is 11.1 Å². The molecule has 112 valence electrons. The molecule has 0 amide bonds. The first-order chi connectivity index (χ1) is 10.2. The van der Waals surface area contributed by atoms with E-state index in [1.165, 1.54) is 44.2 Å². The monoisotopic (exact) mass is 308 g/mol. The molecule has 0 radical (unpaired) electrons. The van der Waals surface area contributed by atoms with Crippen LogP contribution in [-0.4, -0.2) is 11.0 Å². The molecule has 1 aliphatic heterocycles. The van der Waals surface area contributed by atoms with Crippen molar-refractivity contribution in [2.45, 2.75) is 50.6 Å². The van der Waals surface area contributed by atoms with Crippen LogP contribution >= 0.6 is 11.6 Å². The first-order valence-electron chi connectivity index (χ1n) is 7.72. The number of benzene rings is 1. The highest BCUT2D eigenvalue weighted by Gasteiger charge is 2.34. The number of piperidine rings is 1. The Morgan fingerprint density at radius 3 is 2.95 bits per heavy atom. The van der Waals surface area contributed by atoms with Gasteiger partial charge in [0.1, 0.15) is 11.3 Å². The van der Waals surface area contributed by atoms with Crippen molar-refractivity contribution < 1.29 is 8.81 Å². The number of halogens is 2. The van der Waals surface area contributed by atoms with Crippen LogP contribution in [0.1, 0.15) is 50.5 Å². The Balaban J connectivity index is 1.63. The Morgan fingerprint density at radius 1 is 1.19 bits per heavy atom. The van der Waals surface area contributed by atoms with E-state index in [0.717, 1.165) is 12.3 Å². The molecule has 5 heteroatoms. The fourth-order valence-corrected chi connectivity index (χ4v) is 4.06. The predicted octanol–water partition coefficient (Wildman–Crippen LogP) is 4.60. The van der Waals surface area contributed by atoms with E-state index >= 15 is 0 Å². The lowest BCUT2D eigenvalue weighted by atomic mass is 9.78. The van der Waals surface area contributed by atoms with Gasteiger partial charge in [0, 0.05) is 12.1 Å². The Labute approximate surface area is 127 Å². The first kappa shape index (κ1) is 13.5. The van der Waals surface area contributed by atoms with E-state index in [-0.39, 0.29) is 16.9 Å². The third-order valence-corrected chi connectivity index (χ3v) is 5.16. The van der Waals surface area contributed by atoms with E-state index in [1.54, 1.807) is 0 Å². The summed E-state index contributed by atoms with van der Waals surface area (Å²) >= 11 is 6.03. The second-order valence-corrected chi connectivity index (χ2v) is 6.64. The summed E-state index contributed by atoms with van der Waals surface area (Å²) in [5, 5.41) is 3.96. The van der Waals surface area contributed by atoms with E-state index < -0.39 is 0 Å². The summed E-state index contributed by atoms with van der Waals surface area (Å²) in [5.74, 6) is 1.05. The number of rotatable bonds is 1. The Bertz CT molecular complexity index is 672. The molecule has 2 fully saturated rings. The van der Waals surface area contributed by atoms with Crippen molar-refractivity contribution in [3.63, 3.8) is 0 Å². The molecule has 1 aromatic carbocycles. The van der Waals surface area contributed by atoms with Gasteiger partial charge in [-0.1, -0.05) is 24.4 Å². The van der Waals surface area contributed by atoms with Gasteiger partial charge in [0.15, 0.2) is 5.58 Å². The lowest BCUT2D eigenvalue weighted by Gasteiger charge is -2.39. The lowest BCUT2D eigenvalue weighted by molar-refractivity contribution is 0.164. The van der Waals surface area contributed by atoms with Gasteiger partial charge in [-0.15, -0.1) is 0 Å². The second-order valence-electron chi connectivity index (χ2n) is 6.24. The van der Waals surface area contributed by atoms with Crippen molar-refractivity contribution in [2.75, 3.05) is 0 Å². The molecule has 21 heavy (non-hydrogen) atoms. The molecule has 2 aromatic rings. The summed E-state index contributed by atoms with van der Waals surface area (Å²) in [5.41, 5.74) is 0.989. The maximum absolute atomic E-state index is 13.4. The molecule has 3 atom stereocenters. The van der Waals surface area contributed by atoms with Crippen molar-refractivity contribution in [3.8, 4) is 0 Å². The molecule has 1 saturated heterocycles. The van der Waals surface area contributed by atoms with Crippen LogP contribution in [0, 0.1) is 11.7 Å². The van der Waals surface area contributed by atoms with Crippen LogP contribution in [0.25, 0.3) is 11.1 Å². The van der Waals surface area contributed by atoms with Gasteiger partial charge in [0.25, 0.3) is 0 Å². The van der Waals surface area contributed by atoms with Crippen molar-refractivity contribution in [1.82, 2.24) is 10.3 Å². The summed E-state index contributed by atoms with van der Waals surface area (Å²) in [6, 6.07) is 3.33. The number of fused-ring (bicyclic) bond motifs is 2. The van der Waals surface area contributed by atoms with Gasteiger partial charge >= 0.3 is 0 Å². The summed E-state index contributed by atoms with van der Waals surface area (Å²) in [7, 11) is 0. The van der Waals surface area contributed by atoms with Crippen molar-refractivity contribution >= 4 is 22.7 Å². The van der Waals surface area contributed by atoms with Crippen molar-refractivity contribution in [1.29, 1.82) is 0 Å². The molecule has 1 N–H and O–H groups in total. The molecule has 1 saturated carbocycles. The van der Waals surface area contributed by atoms with Crippen LogP contribution in [0.3, 0.4) is 0 Å². The van der Waals surface area contributed by atoms with Crippen LogP contribution in [0.15, 0.2) is 16.5 Å². The van der Waals surface area contributed by atoms with Crippen LogP contribution < -0.4 is 5.32 Å². The minimum Gasteiger partial charge on any atom is -0.437 e. The zero-order chi connectivity index (χ0) is 14.4. The molecule has 3 nitrogen and oxygen atoms in total. The van der Waals surface area contributed by atoms with Gasteiger partial charge in [-0.2, -0.15) is 0 Å². The molecule has 0 bridgehead atoms. The highest BCUT2D eigenvalue weighted by atomic mass is 35.5. The van der Waals surface area contributed by atoms with Gasteiger partial charge in [-0.05, 0) is 37.7 Å². The predicted molar refractivity (Wildman–Crippen MR) is 79.8 cm³/mol. The third-order valence-electron chi connectivity index (χ3n) is 4.87. The van der Waals surface area contributed by atoms with Crippen molar-refractivity contribution in [3.05, 3.63) is 28.9 Å². The fourth-order valence-electron chi connectivity index (χ4n) is 3.82. The van der Waals surface area contributed by atoms with E-state index in [1.807, 2.05) is 0 Å². The molecule has 4 rings (SSSR count). The first-order valence-corrected chi connectivity index (χ1v) is 8.10. The highest BCUT2D eigenvalue weighted by Crippen LogP contribution is 2.37. The van der Waals surface area contributed by atoms with Crippen molar-refractivity contribution in [2.24, 2.45) is 5.92 Å². The number of hydrogen-bond donors (Lipinski definition) is 1. The zero-order valence-electron chi connectivity index (χ0n) is 11.7. The average molecular weight is 309 g/mol. The largest absolute Gasteiger partial charge is 0.437 e. The van der Waals surface area contributed by atoms with E-state index in [2.05, 4.69) is 10.3 Å². The zero-order valence-corrected chi connectivity index (χ0v) is 12.5. The summed E-state index contributed by atoms with van der Waals surface area (Å²) in [4.78, 5) is 4.44. The van der Waals surface area contributed by atoms with E-state index in [0.29, 0.717) is 23.0 Å². The fraction of sp³-hybridized carbons (Fsp3) is 0.562. The second kappa shape index (κ2) is 5.25. The molecular weight excluding hydrogens is 291 g/mol. The van der Waals surface area contributed by atoms with Gasteiger partial charge < -0.3 is 9.73 Å². The number of oxazole rings is 1. The minimum absolute atomic E-state index is 0.121. The Hall–Kier alpha value is -1.13. The summed E-state index contributed by atoms with van der Waals surface area (Å²) in [6.07, 6.45) is 7.44. The SMILES string of the molecule is Fc1cc(Cl)c2oc(C3CCC4CCCCC4N3)nc2c1. The average Bonchev–Trinajstić information content (AvgIpc) is 2.91. The maximum atomic E-state index is 13.4. The Kier molecular flexibility index (Phi) is 3.38. The maximum Gasteiger partial charge on any atom is 0.212 e. The third kappa shape index (κ3) is 2.44. The number of hydrogen-bond acceptors (Lipinski definition) is 3. The van der Waals surface area contributed by atoms with Crippen LogP contribution in [0.2, 0.25) is 5.02 Å². The summed E-state index contributed by atoms with van der Waals surface area (Å²) in [6.45, 7) is 0. The molecule has 1 aromatic heterocycles. The van der Waals surface area contributed by atoms with Crippen LogP contribution in [-0.2, 0) is 0 Å². The van der Waals surface area contributed by atoms with Crippen LogP contribution in [0.5, 0.6) is 0 Å². The van der Waals surface area contributed by atoms with Crippen LogP contribution in [0.4, 0.5) is 4.39 Å². The van der Waals surface area contributed by atoms with Gasteiger partial charge in [0.2, 0.25) is 5.89 Å². The van der Waals surface area contributed by atoms with E-state index in [9.17, 15) is 4.39 Å². The molecule has 0 spiro atoms. The Morgan fingerprint density at radius 2 is 2.05 bits per heavy atom. The topological polar surface area (TPSA) is 38.1 Å². The molecule has 1 aliphatic carbocycles. The smallest absolute Gasteiger partial charge is 0.212 e. The number of nitrogens with zero attached hydrogens (tertiary/aromatic N) is 1. The quantitative estimate of drug-likeness (QED) is 0.836. The molecular formula is C16H18ClFN2O. The summed E-state index contributed by atoms with van der Waals surface area (Å²) < 4.78 is 19.2. The normalized spacial score (nSPS) is 29.5. The minimum atomic E-state index is -0.378. The highest BCUT2D eigenvalue weighted by molar-refractivity contribution is 6.34. The standard InChI is InChI=1S/C16H18ClFN2O/c17-11-7-10(18)8-14-15(11)21-16(20-14)13-6-5-9-3-1-2-4-12(9)19-13/h7-9,12-13,19H,1-6H2. The lowest BCUT2D eigenvalue weighted by Crippen LogP contribution is -2.44. The molecule has 3 unspecified atom stereocenters. The number of nitrogens with one attached hydrogen (secondary N) is 1. The van der Waals surface area contributed by atoms with Gasteiger partial charge in [-0.25, -0.2) is 9.37 Å². The molecule has 2 heterocycles. The van der Waals surface area contributed by atoms with E-state index in [4.69, 9.17) is 16.0 Å². The number of aromatic nitrogens is 1.